The third kappa shape index (κ3) is 2.40. The number of anilines is 1. The Labute approximate surface area is 90.3 Å². The molecular formula is C13H16N2. The number of rotatable bonds is 4. The van der Waals surface area contributed by atoms with Crippen LogP contribution in [0.3, 0.4) is 0 Å². The Hall–Kier alpha value is -1.70. The molecule has 2 N–H and O–H groups in total. The van der Waals surface area contributed by atoms with Gasteiger partial charge in [0, 0.05) is 24.6 Å². The molecule has 0 aliphatic carbocycles. The van der Waals surface area contributed by atoms with Crippen LogP contribution >= 0.6 is 0 Å². The summed E-state index contributed by atoms with van der Waals surface area (Å²) in [6.07, 6.45) is 5.03. The van der Waals surface area contributed by atoms with Crippen molar-refractivity contribution in [3.63, 3.8) is 0 Å². The van der Waals surface area contributed by atoms with Crippen molar-refractivity contribution < 1.29 is 0 Å². The molecule has 0 aliphatic heterocycles. The molecule has 2 nitrogen and oxygen atoms in total. The van der Waals surface area contributed by atoms with E-state index in [0.29, 0.717) is 0 Å². The first-order valence-corrected chi connectivity index (χ1v) is 5.33. The minimum absolute atomic E-state index is 0.876. The van der Waals surface area contributed by atoms with Crippen molar-refractivity contribution in [3.8, 4) is 0 Å². The zero-order valence-electron chi connectivity index (χ0n) is 8.96. The number of aromatic amines is 1. The molecule has 2 rings (SSSR count). The number of benzene rings is 1. The second-order valence-electron chi connectivity index (χ2n) is 3.58. The van der Waals surface area contributed by atoms with Crippen molar-refractivity contribution in [2.75, 3.05) is 5.32 Å². The van der Waals surface area contributed by atoms with E-state index in [-0.39, 0.29) is 0 Å². The summed E-state index contributed by atoms with van der Waals surface area (Å²) in [6.45, 7) is 3.05. The van der Waals surface area contributed by atoms with Gasteiger partial charge in [-0.2, -0.15) is 0 Å². The lowest BCUT2D eigenvalue weighted by Crippen LogP contribution is -2.00. The van der Waals surface area contributed by atoms with Crippen LogP contribution in [0.2, 0.25) is 0 Å². The van der Waals surface area contributed by atoms with E-state index in [9.17, 15) is 0 Å². The Morgan fingerprint density at radius 1 is 1.20 bits per heavy atom. The summed E-state index contributed by atoms with van der Waals surface area (Å²) in [4.78, 5) is 3.05. The van der Waals surface area contributed by atoms with E-state index in [4.69, 9.17) is 0 Å². The van der Waals surface area contributed by atoms with E-state index in [0.717, 1.165) is 13.0 Å². The van der Waals surface area contributed by atoms with E-state index < -0.39 is 0 Å². The summed E-state index contributed by atoms with van der Waals surface area (Å²) < 4.78 is 0. The summed E-state index contributed by atoms with van der Waals surface area (Å²) in [5.74, 6) is 0. The van der Waals surface area contributed by atoms with Crippen LogP contribution in [-0.2, 0) is 13.0 Å². The Bertz CT molecular complexity index is 404. The highest BCUT2D eigenvalue weighted by Crippen LogP contribution is 2.16. The first-order chi connectivity index (χ1) is 7.40. The van der Waals surface area contributed by atoms with Gasteiger partial charge in [0.2, 0.25) is 0 Å². The minimum atomic E-state index is 0.876. The Morgan fingerprint density at radius 2 is 2.07 bits per heavy atom. The fourth-order valence-electron chi connectivity index (χ4n) is 1.67. The topological polar surface area (TPSA) is 27.8 Å². The fraction of sp³-hybridized carbons (Fsp3) is 0.231. The summed E-state index contributed by atoms with van der Waals surface area (Å²) in [5, 5.41) is 3.45. The highest BCUT2D eigenvalue weighted by molar-refractivity contribution is 5.51. The molecule has 15 heavy (non-hydrogen) atoms. The summed E-state index contributed by atoms with van der Waals surface area (Å²) in [5.41, 5.74) is 3.88. The van der Waals surface area contributed by atoms with Crippen LogP contribution in [-0.4, -0.2) is 4.98 Å². The van der Waals surface area contributed by atoms with Crippen LogP contribution in [0, 0.1) is 0 Å². The number of nitrogens with one attached hydrogen (secondary N) is 2. The SMILES string of the molecule is CCc1ccccc1NCc1cc[nH]c1. The zero-order valence-corrected chi connectivity index (χ0v) is 8.96. The van der Waals surface area contributed by atoms with Gasteiger partial charge in [0.25, 0.3) is 0 Å². The van der Waals surface area contributed by atoms with Gasteiger partial charge >= 0.3 is 0 Å². The number of H-pyrrole nitrogens is 1. The summed E-state index contributed by atoms with van der Waals surface area (Å²) in [7, 11) is 0. The lowest BCUT2D eigenvalue weighted by molar-refractivity contribution is 1.09. The molecule has 2 heteroatoms. The molecule has 1 aromatic carbocycles. The maximum Gasteiger partial charge on any atom is 0.0415 e. The average molecular weight is 200 g/mol. The second kappa shape index (κ2) is 4.69. The normalized spacial score (nSPS) is 10.2. The van der Waals surface area contributed by atoms with Gasteiger partial charge in [0.05, 0.1) is 0 Å². The molecule has 1 aromatic heterocycles. The monoisotopic (exact) mass is 200 g/mol. The van der Waals surface area contributed by atoms with E-state index in [1.54, 1.807) is 0 Å². The zero-order chi connectivity index (χ0) is 10.5. The fourth-order valence-corrected chi connectivity index (χ4v) is 1.67. The molecule has 0 aliphatic rings. The van der Waals surface area contributed by atoms with Gasteiger partial charge in [-0.3, -0.25) is 0 Å². The highest BCUT2D eigenvalue weighted by Gasteiger charge is 1.98. The molecule has 78 valence electrons. The van der Waals surface area contributed by atoms with Crippen LogP contribution in [0.15, 0.2) is 42.7 Å². The van der Waals surface area contributed by atoms with Crippen molar-refractivity contribution in [3.05, 3.63) is 53.9 Å². The van der Waals surface area contributed by atoms with E-state index in [1.807, 2.05) is 12.4 Å². The van der Waals surface area contributed by atoms with Gasteiger partial charge in [-0.05, 0) is 29.7 Å². The first kappa shape index (κ1) is 9.84. The molecule has 0 atom stereocenters. The molecule has 1 heterocycles. The smallest absolute Gasteiger partial charge is 0.0415 e. The van der Waals surface area contributed by atoms with Crippen LogP contribution in [0.25, 0.3) is 0 Å². The third-order valence-corrected chi connectivity index (χ3v) is 2.54. The number of aryl methyl sites for hydroxylation is 1. The quantitative estimate of drug-likeness (QED) is 0.779. The molecule has 0 spiro atoms. The first-order valence-electron chi connectivity index (χ1n) is 5.33. The molecule has 0 bridgehead atoms. The van der Waals surface area contributed by atoms with Crippen molar-refractivity contribution in [2.24, 2.45) is 0 Å². The van der Waals surface area contributed by atoms with Crippen LogP contribution in [0.4, 0.5) is 5.69 Å². The van der Waals surface area contributed by atoms with Gasteiger partial charge in [-0.1, -0.05) is 25.1 Å². The largest absolute Gasteiger partial charge is 0.381 e. The van der Waals surface area contributed by atoms with Gasteiger partial charge in [-0.15, -0.1) is 0 Å². The van der Waals surface area contributed by atoms with E-state index in [2.05, 4.69) is 47.6 Å². The second-order valence-corrected chi connectivity index (χ2v) is 3.58. The van der Waals surface area contributed by atoms with Gasteiger partial charge in [0.15, 0.2) is 0 Å². The Balaban J connectivity index is 2.04. The van der Waals surface area contributed by atoms with Crippen molar-refractivity contribution >= 4 is 5.69 Å². The number of hydrogen-bond donors (Lipinski definition) is 2. The van der Waals surface area contributed by atoms with Gasteiger partial charge in [-0.25, -0.2) is 0 Å². The van der Waals surface area contributed by atoms with E-state index in [1.165, 1.54) is 16.8 Å². The molecule has 2 aromatic rings. The van der Waals surface area contributed by atoms with E-state index >= 15 is 0 Å². The Kier molecular flexibility index (Phi) is 3.08. The summed E-state index contributed by atoms with van der Waals surface area (Å²) >= 11 is 0. The van der Waals surface area contributed by atoms with Gasteiger partial charge < -0.3 is 10.3 Å². The molecule has 0 amide bonds. The lowest BCUT2D eigenvalue weighted by Gasteiger charge is -2.09. The maximum absolute atomic E-state index is 3.45. The molecule has 0 saturated heterocycles. The lowest BCUT2D eigenvalue weighted by atomic mass is 10.1. The molecule has 0 radical (unpaired) electrons. The predicted molar refractivity (Wildman–Crippen MR) is 63.9 cm³/mol. The Morgan fingerprint density at radius 3 is 2.80 bits per heavy atom. The molecule has 0 saturated carbocycles. The third-order valence-electron chi connectivity index (χ3n) is 2.54. The predicted octanol–water partition coefficient (Wildman–Crippen LogP) is 3.19. The number of aromatic nitrogens is 1. The number of hydrogen-bond acceptors (Lipinski definition) is 1. The van der Waals surface area contributed by atoms with Crippen molar-refractivity contribution in [2.45, 2.75) is 19.9 Å². The molecule has 0 fully saturated rings. The standard InChI is InChI=1S/C13H16N2/c1-2-12-5-3-4-6-13(12)15-10-11-7-8-14-9-11/h3-9,14-15H,2,10H2,1H3. The van der Waals surface area contributed by atoms with Gasteiger partial charge in [0.1, 0.15) is 0 Å². The van der Waals surface area contributed by atoms with Crippen LogP contribution in [0.1, 0.15) is 18.1 Å². The maximum atomic E-state index is 3.45. The average Bonchev–Trinajstić information content (AvgIpc) is 2.79. The number of para-hydroxylation sites is 1. The minimum Gasteiger partial charge on any atom is -0.381 e. The molecule has 0 unspecified atom stereocenters. The van der Waals surface area contributed by atoms with Crippen molar-refractivity contribution in [1.82, 2.24) is 4.98 Å². The molecular weight excluding hydrogens is 184 g/mol. The van der Waals surface area contributed by atoms with Crippen molar-refractivity contribution in [1.29, 1.82) is 0 Å². The summed E-state index contributed by atoms with van der Waals surface area (Å²) in [6, 6.07) is 10.5. The highest BCUT2D eigenvalue weighted by atomic mass is 14.9. The van der Waals surface area contributed by atoms with Crippen LogP contribution in [0.5, 0.6) is 0 Å². The van der Waals surface area contributed by atoms with Crippen LogP contribution < -0.4 is 5.32 Å².